The standard InChI is InChI=1S/C80H52N2/c1-4-21-53(22-5-1)54-39-42-59(43-40-54)81(61-44-47-68-66-32-13-18-37-74(66)80(76(68)51-61)72-35-16-11-29-63(72)64-30-12-17-36-73(64)80)60-28-20-23-55(49-60)56-41-46-70-69-33-14-19-38-77(69)82(78(70)50-56)62-45-48-67-65-31-10-15-34-71(65)79(75(67)52-62,57-24-6-2-7-25-57)58-26-8-3-9-27-58/h1-52H. The Morgan fingerprint density at radius 2 is 0.659 bits per heavy atom. The van der Waals surface area contributed by atoms with Gasteiger partial charge in [0.1, 0.15) is 0 Å². The highest BCUT2D eigenvalue weighted by Gasteiger charge is 2.52. The molecular formula is C80H52N2. The molecule has 0 N–H and O–H groups in total. The van der Waals surface area contributed by atoms with Crippen LogP contribution < -0.4 is 4.90 Å². The Balaban J connectivity index is 0.844. The first-order valence-corrected chi connectivity index (χ1v) is 28.6. The van der Waals surface area contributed by atoms with E-state index in [1.54, 1.807) is 0 Å². The molecule has 0 saturated carbocycles. The molecule has 2 heteroatoms. The molecule has 0 unspecified atom stereocenters. The van der Waals surface area contributed by atoms with Gasteiger partial charge >= 0.3 is 0 Å². The number of rotatable bonds is 8. The lowest BCUT2D eigenvalue weighted by atomic mass is 9.67. The van der Waals surface area contributed by atoms with Gasteiger partial charge in [-0.25, -0.2) is 0 Å². The smallest absolute Gasteiger partial charge is 0.0726 e. The van der Waals surface area contributed by atoms with Crippen molar-refractivity contribution in [3.63, 3.8) is 0 Å². The van der Waals surface area contributed by atoms with Gasteiger partial charge in [-0.05, 0) is 161 Å². The molecule has 0 aliphatic heterocycles. The minimum Gasteiger partial charge on any atom is -0.310 e. The third-order valence-electron chi connectivity index (χ3n) is 18.3. The first kappa shape index (κ1) is 46.4. The van der Waals surface area contributed by atoms with Gasteiger partial charge in [-0.1, -0.05) is 255 Å². The fourth-order valence-corrected chi connectivity index (χ4v) is 14.9. The Morgan fingerprint density at radius 1 is 0.232 bits per heavy atom. The van der Waals surface area contributed by atoms with Crippen molar-refractivity contribution in [1.29, 1.82) is 0 Å². The summed E-state index contributed by atoms with van der Waals surface area (Å²) in [5, 5.41) is 2.45. The maximum atomic E-state index is 2.50. The number of aromatic nitrogens is 1. The predicted octanol–water partition coefficient (Wildman–Crippen LogP) is 20.3. The Morgan fingerprint density at radius 3 is 1.28 bits per heavy atom. The van der Waals surface area contributed by atoms with E-state index in [0.717, 1.165) is 33.9 Å². The van der Waals surface area contributed by atoms with Crippen molar-refractivity contribution in [3.05, 3.63) is 360 Å². The lowest BCUT2D eigenvalue weighted by Gasteiger charge is -2.34. The number of fused-ring (bicyclic) bond motifs is 16. The summed E-state index contributed by atoms with van der Waals surface area (Å²) in [4.78, 5) is 2.46. The van der Waals surface area contributed by atoms with Crippen LogP contribution in [0.25, 0.3) is 83.1 Å². The monoisotopic (exact) mass is 1040 g/mol. The van der Waals surface area contributed by atoms with Crippen molar-refractivity contribution in [2.75, 3.05) is 4.90 Å². The van der Waals surface area contributed by atoms with Crippen LogP contribution in [0.15, 0.2) is 315 Å². The molecule has 17 rings (SSSR count). The first-order chi connectivity index (χ1) is 40.7. The molecule has 0 radical (unpaired) electrons. The Labute approximate surface area is 477 Å². The van der Waals surface area contributed by atoms with E-state index in [1.165, 1.54) is 111 Å². The fourth-order valence-electron chi connectivity index (χ4n) is 14.9. The summed E-state index contributed by atoms with van der Waals surface area (Å²) in [6, 6.07) is 118. The zero-order valence-electron chi connectivity index (χ0n) is 44.9. The molecule has 13 aromatic carbocycles. The van der Waals surface area contributed by atoms with E-state index < -0.39 is 10.8 Å². The Bertz CT molecular complexity index is 4750. The van der Waals surface area contributed by atoms with E-state index in [1.807, 2.05) is 0 Å². The average Bonchev–Trinajstić information content (AvgIpc) is 1.96. The van der Waals surface area contributed by atoms with E-state index in [9.17, 15) is 0 Å². The molecule has 0 bridgehead atoms. The summed E-state index contributed by atoms with van der Waals surface area (Å²) >= 11 is 0. The van der Waals surface area contributed by atoms with Gasteiger partial charge in [-0.15, -0.1) is 0 Å². The van der Waals surface area contributed by atoms with Crippen molar-refractivity contribution >= 4 is 38.9 Å². The summed E-state index contributed by atoms with van der Waals surface area (Å²) in [6.45, 7) is 0. The third kappa shape index (κ3) is 6.52. The topological polar surface area (TPSA) is 8.17 Å². The van der Waals surface area contributed by atoms with Gasteiger partial charge < -0.3 is 9.47 Å². The molecule has 2 nitrogen and oxygen atoms in total. The normalized spacial score (nSPS) is 13.6. The van der Waals surface area contributed by atoms with E-state index in [2.05, 4.69) is 325 Å². The van der Waals surface area contributed by atoms with Gasteiger partial charge in [-0.3, -0.25) is 0 Å². The van der Waals surface area contributed by atoms with Crippen LogP contribution in [0.1, 0.15) is 44.5 Å². The highest BCUT2D eigenvalue weighted by atomic mass is 15.1. The molecule has 1 spiro atoms. The van der Waals surface area contributed by atoms with Gasteiger partial charge in [0.05, 0.1) is 21.9 Å². The van der Waals surface area contributed by atoms with Gasteiger partial charge in [-0.2, -0.15) is 0 Å². The van der Waals surface area contributed by atoms with Crippen LogP contribution in [0.4, 0.5) is 17.1 Å². The van der Waals surface area contributed by atoms with Gasteiger partial charge in [0.15, 0.2) is 0 Å². The number of hydrogen-bond acceptors (Lipinski definition) is 1. The number of anilines is 3. The van der Waals surface area contributed by atoms with E-state index in [4.69, 9.17) is 0 Å². The zero-order chi connectivity index (χ0) is 53.9. The maximum Gasteiger partial charge on any atom is 0.0726 e. The first-order valence-electron chi connectivity index (χ1n) is 28.6. The summed E-state index contributed by atoms with van der Waals surface area (Å²) in [5.74, 6) is 0. The van der Waals surface area contributed by atoms with Crippen molar-refractivity contribution in [1.82, 2.24) is 4.57 Å². The van der Waals surface area contributed by atoms with Crippen LogP contribution in [0.5, 0.6) is 0 Å². The van der Waals surface area contributed by atoms with Crippen LogP contribution in [0.3, 0.4) is 0 Å². The number of para-hydroxylation sites is 1. The van der Waals surface area contributed by atoms with Crippen molar-refractivity contribution in [3.8, 4) is 61.3 Å². The Hall–Kier alpha value is -10.5. The molecule has 3 aliphatic rings. The van der Waals surface area contributed by atoms with E-state index in [0.29, 0.717) is 0 Å². The van der Waals surface area contributed by atoms with Crippen LogP contribution >= 0.6 is 0 Å². The molecule has 3 aliphatic carbocycles. The van der Waals surface area contributed by atoms with E-state index in [-0.39, 0.29) is 0 Å². The fraction of sp³-hybridized carbons (Fsp3) is 0.0250. The lowest BCUT2D eigenvalue weighted by molar-refractivity contribution is 0.767. The van der Waals surface area contributed by atoms with Crippen molar-refractivity contribution < 1.29 is 0 Å². The summed E-state index contributed by atoms with van der Waals surface area (Å²) in [7, 11) is 0. The molecular weight excluding hydrogens is 989 g/mol. The molecule has 0 saturated heterocycles. The second-order valence-electron chi connectivity index (χ2n) is 22.3. The molecule has 1 aromatic heterocycles. The minimum absolute atomic E-state index is 0.471. The highest BCUT2D eigenvalue weighted by molar-refractivity contribution is 6.10. The molecule has 1 heterocycles. The average molecular weight is 1040 g/mol. The second-order valence-corrected chi connectivity index (χ2v) is 22.3. The van der Waals surface area contributed by atoms with Gasteiger partial charge in [0.2, 0.25) is 0 Å². The Kier molecular flexibility index (Phi) is 10.2. The summed E-state index contributed by atoms with van der Waals surface area (Å²) < 4.78 is 2.50. The molecule has 14 aromatic rings. The number of benzene rings is 13. The zero-order valence-corrected chi connectivity index (χ0v) is 44.9. The summed E-state index contributed by atoms with van der Waals surface area (Å²) in [5.41, 5.74) is 28.6. The van der Waals surface area contributed by atoms with Crippen molar-refractivity contribution in [2.24, 2.45) is 0 Å². The van der Waals surface area contributed by atoms with E-state index >= 15 is 0 Å². The lowest BCUT2D eigenvalue weighted by Crippen LogP contribution is -2.28. The molecule has 0 atom stereocenters. The number of nitrogens with zero attached hydrogens (tertiary/aromatic N) is 2. The molecule has 0 fully saturated rings. The number of hydrogen-bond donors (Lipinski definition) is 0. The van der Waals surface area contributed by atoms with Gasteiger partial charge in [0.25, 0.3) is 0 Å². The van der Waals surface area contributed by atoms with Crippen LogP contribution in [-0.2, 0) is 10.8 Å². The quantitative estimate of drug-likeness (QED) is 0.147. The molecule has 0 amide bonds. The minimum atomic E-state index is -0.516. The van der Waals surface area contributed by atoms with Crippen LogP contribution in [0, 0.1) is 0 Å². The largest absolute Gasteiger partial charge is 0.310 e. The van der Waals surface area contributed by atoms with Crippen LogP contribution in [0.2, 0.25) is 0 Å². The SMILES string of the molecule is c1ccc(-c2ccc(N(c3cccc(-c4ccc5c6ccccc6n(-c6ccc7c(c6)C(c6ccccc6)(c6ccccc6)c6ccccc6-7)c5c4)c3)c3ccc4c(c3)C3(c5ccccc5-c5ccccc53)c3ccccc3-4)cc2)cc1. The molecule has 82 heavy (non-hydrogen) atoms. The summed E-state index contributed by atoms with van der Waals surface area (Å²) in [6.07, 6.45) is 0. The third-order valence-corrected chi connectivity index (χ3v) is 18.3. The van der Waals surface area contributed by atoms with Gasteiger partial charge in [0, 0.05) is 33.5 Å². The van der Waals surface area contributed by atoms with Crippen LogP contribution in [-0.4, -0.2) is 4.57 Å². The second kappa shape index (κ2) is 18.0. The maximum absolute atomic E-state index is 2.50. The predicted molar refractivity (Wildman–Crippen MR) is 340 cm³/mol. The molecule has 382 valence electrons. The highest BCUT2D eigenvalue weighted by Crippen LogP contribution is 2.64. The van der Waals surface area contributed by atoms with Crippen molar-refractivity contribution in [2.45, 2.75) is 10.8 Å².